The number of anilines is 1. The Kier molecular flexibility index (Phi) is 8.08. The molecule has 1 aliphatic rings. The van der Waals surface area contributed by atoms with Gasteiger partial charge in [-0.25, -0.2) is 0 Å². The second-order valence-corrected chi connectivity index (χ2v) is 12.0. The molecule has 1 saturated carbocycles. The van der Waals surface area contributed by atoms with Crippen LogP contribution < -0.4 is 14.9 Å². The molecule has 0 heterocycles. The van der Waals surface area contributed by atoms with E-state index in [1.54, 1.807) is 31.4 Å². The average molecular weight is 460 g/mol. The van der Waals surface area contributed by atoms with Gasteiger partial charge in [0.1, 0.15) is 5.75 Å². The standard InChI is InChI=1S/C26H38NO4P/c1-18(2)24-16-7-19(3)17-25(24)31-32(29,23-14-10-21(11-15-23)27(4)5)26(28)20-8-12-22(30-6)13-9-20/h8-15,18-19,24-26,28H,7,16-17H2,1-6H3/t19-,24+,25+,26+,32+/m0/s1. The minimum Gasteiger partial charge on any atom is -0.497 e. The molecule has 1 N–H and O–H groups in total. The lowest BCUT2D eigenvalue weighted by Gasteiger charge is -2.40. The van der Waals surface area contributed by atoms with Crippen LogP contribution in [0.2, 0.25) is 0 Å². The number of aliphatic hydroxyl groups is 1. The fraction of sp³-hybridized carbons (Fsp3) is 0.538. The molecule has 0 amide bonds. The normalized spacial score (nSPS) is 24.1. The van der Waals surface area contributed by atoms with Crippen molar-refractivity contribution in [1.82, 2.24) is 0 Å². The van der Waals surface area contributed by atoms with Gasteiger partial charge < -0.3 is 19.3 Å². The first kappa shape index (κ1) is 24.8. The van der Waals surface area contributed by atoms with Gasteiger partial charge in [0.05, 0.1) is 13.2 Å². The molecule has 32 heavy (non-hydrogen) atoms. The van der Waals surface area contributed by atoms with E-state index < -0.39 is 13.2 Å². The molecule has 2 aromatic carbocycles. The van der Waals surface area contributed by atoms with Gasteiger partial charge >= 0.3 is 0 Å². The van der Waals surface area contributed by atoms with Crippen molar-refractivity contribution >= 4 is 18.4 Å². The van der Waals surface area contributed by atoms with Crippen LogP contribution in [0.5, 0.6) is 5.75 Å². The highest BCUT2D eigenvalue weighted by atomic mass is 31.2. The Balaban J connectivity index is 2.02. The molecule has 176 valence electrons. The Morgan fingerprint density at radius 1 is 1.03 bits per heavy atom. The Hall–Kier alpha value is -1.81. The Morgan fingerprint density at radius 3 is 2.19 bits per heavy atom. The van der Waals surface area contributed by atoms with E-state index in [9.17, 15) is 9.67 Å². The van der Waals surface area contributed by atoms with Crippen molar-refractivity contribution in [3.05, 3.63) is 54.1 Å². The van der Waals surface area contributed by atoms with Gasteiger partial charge in [0.25, 0.3) is 7.37 Å². The predicted octanol–water partition coefficient (Wildman–Crippen LogP) is 5.83. The summed E-state index contributed by atoms with van der Waals surface area (Å²) in [6, 6.07) is 14.6. The first-order valence-electron chi connectivity index (χ1n) is 11.5. The molecule has 2 aromatic rings. The van der Waals surface area contributed by atoms with Gasteiger partial charge in [-0.15, -0.1) is 0 Å². The summed E-state index contributed by atoms with van der Waals surface area (Å²) in [4.78, 5) is 1.99. The Labute approximate surface area is 193 Å². The van der Waals surface area contributed by atoms with Crippen LogP contribution in [-0.4, -0.2) is 32.4 Å². The molecule has 1 fully saturated rings. The third-order valence-electron chi connectivity index (χ3n) is 6.72. The van der Waals surface area contributed by atoms with E-state index in [0.29, 0.717) is 34.4 Å². The van der Waals surface area contributed by atoms with Crippen LogP contribution in [0.25, 0.3) is 0 Å². The molecular formula is C26H38NO4P. The molecule has 5 atom stereocenters. The monoisotopic (exact) mass is 459 g/mol. The number of benzene rings is 2. The lowest BCUT2D eigenvalue weighted by Crippen LogP contribution is -2.35. The maximum Gasteiger partial charge on any atom is 0.264 e. The fourth-order valence-corrected chi connectivity index (χ4v) is 6.92. The minimum atomic E-state index is -3.63. The lowest BCUT2D eigenvalue weighted by atomic mass is 9.75. The summed E-state index contributed by atoms with van der Waals surface area (Å²) in [6.07, 6.45) is 2.93. The van der Waals surface area contributed by atoms with Gasteiger partial charge in [-0.1, -0.05) is 39.3 Å². The van der Waals surface area contributed by atoms with Gasteiger partial charge in [-0.2, -0.15) is 0 Å². The number of hydrogen-bond donors (Lipinski definition) is 1. The van der Waals surface area contributed by atoms with Crippen molar-refractivity contribution in [2.45, 2.75) is 52.0 Å². The minimum absolute atomic E-state index is 0.147. The zero-order valence-corrected chi connectivity index (χ0v) is 21.1. The number of hydrogen-bond acceptors (Lipinski definition) is 5. The third kappa shape index (κ3) is 5.39. The second-order valence-electron chi connectivity index (χ2n) is 9.62. The quantitative estimate of drug-likeness (QED) is 0.503. The van der Waals surface area contributed by atoms with E-state index in [4.69, 9.17) is 9.26 Å². The van der Waals surface area contributed by atoms with Crippen LogP contribution in [-0.2, 0) is 9.09 Å². The summed E-state index contributed by atoms with van der Waals surface area (Å²) < 4.78 is 26.4. The number of nitrogens with zero attached hydrogens (tertiary/aromatic N) is 1. The van der Waals surface area contributed by atoms with Crippen molar-refractivity contribution in [3.8, 4) is 5.75 Å². The molecular weight excluding hydrogens is 421 g/mol. The van der Waals surface area contributed by atoms with Gasteiger partial charge in [-0.05, 0) is 72.6 Å². The van der Waals surface area contributed by atoms with E-state index in [1.807, 2.05) is 43.3 Å². The van der Waals surface area contributed by atoms with Gasteiger partial charge in [0.15, 0.2) is 5.85 Å². The number of methoxy groups -OCH3 is 1. The lowest BCUT2D eigenvalue weighted by molar-refractivity contribution is 0.0427. The van der Waals surface area contributed by atoms with Crippen molar-refractivity contribution in [3.63, 3.8) is 0 Å². The van der Waals surface area contributed by atoms with Gasteiger partial charge in [-0.3, -0.25) is 4.57 Å². The number of aliphatic hydroxyl groups excluding tert-OH is 1. The molecule has 0 radical (unpaired) electrons. The van der Waals surface area contributed by atoms with Crippen LogP contribution in [0, 0.1) is 17.8 Å². The van der Waals surface area contributed by atoms with Gasteiger partial charge in [0.2, 0.25) is 0 Å². The molecule has 0 unspecified atom stereocenters. The molecule has 0 aliphatic heterocycles. The molecule has 0 spiro atoms. The predicted molar refractivity (Wildman–Crippen MR) is 132 cm³/mol. The fourth-order valence-electron chi connectivity index (χ4n) is 4.63. The van der Waals surface area contributed by atoms with Crippen molar-refractivity contribution in [1.29, 1.82) is 0 Å². The second kappa shape index (κ2) is 10.4. The maximum atomic E-state index is 14.6. The van der Waals surface area contributed by atoms with Crippen LogP contribution in [0.3, 0.4) is 0 Å². The van der Waals surface area contributed by atoms with E-state index in [-0.39, 0.29) is 6.10 Å². The Morgan fingerprint density at radius 2 is 1.66 bits per heavy atom. The van der Waals surface area contributed by atoms with Crippen molar-refractivity contribution in [2.75, 3.05) is 26.1 Å². The zero-order chi connectivity index (χ0) is 23.5. The molecule has 6 heteroatoms. The van der Waals surface area contributed by atoms with E-state index in [0.717, 1.165) is 24.9 Å². The summed E-state index contributed by atoms with van der Waals surface area (Å²) in [5.74, 6) is 0.702. The molecule has 1 aliphatic carbocycles. The van der Waals surface area contributed by atoms with E-state index >= 15 is 0 Å². The molecule has 0 saturated heterocycles. The molecule has 0 aromatic heterocycles. The average Bonchev–Trinajstić information content (AvgIpc) is 2.78. The smallest absolute Gasteiger partial charge is 0.264 e. The highest BCUT2D eigenvalue weighted by Crippen LogP contribution is 2.60. The summed E-state index contributed by atoms with van der Waals surface area (Å²) in [7, 11) is 1.90. The highest BCUT2D eigenvalue weighted by Gasteiger charge is 2.42. The van der Waals surface area contributed by atoms with Crippen LogP contribution in [0.1, 0.15) is 51.4 Å². The summed E-state index contributed by atoms with van der Waals surface area (Å²) >= 11 is 0. The van der Waals surface area contributed by atoms with E-state index in [1.165, 1.54) is 0 Å². The first-order valence-corrected chi connectivity index (χ1v) is 13.2. The molecule has 5 nitrogen and oxygen atoms in total. The van der Waals surface area contributed by atoms with Crippen LogP contribution in [0.15, 0.2) is 48.5 Å². The van der Waals surface area contributed by atoms with Gasteiger partial charge in [0, 0.05) is 25.1 Å². The molecule has 3 rings (SSSR count). The zero-order valence-electron chi connectivity index (χ0n) is 20.2. The summed E-state index contributed by atoms with van der Waals surface area (Å²) in [5, 5.41) is 12.0. The maximum absolute atomic E-state index is 14.6. The van der Waals surface area contributed by atoms with E-state index in [2.05, 4.69) is 20.8 Å². The SMILES string of the molecule is COc1ccc([C@H](O)[P@](=O)(O[C@@H]2C[C@@H](C)CC[C@@H]2C(C)C)c2ccc(N(C)C)cc2)cc1. The largest absolute Gasteiger partial charge is 0.497 e. The third-order valence-corrected chi connectivity index (χ3v) is 9.26. The summed E-state index contributed by atoms with van der Waals surface area (Å²) in [6.45, 7) is 6.63. The first-order chi connectivity index (χ1) is 15.2. The van der Waals surface area contributed by atoms with Crippen LogP contribution >= 0.6 is 7.37 Å². The van der Waals surface area contributed by atoms with Crippen molar-refractivity contribution < 1.29 is 18.9 Å². The van der Waals surface area contributed by atoms with Crippen LogP contribution in [0.4, 0.5) is 5.69 Å². The topological polar surface area (TPSA) is 59.0 Å². The van der Waals surface area contributed by atoms with Crippen molar-refractivity contribution in [2.24, 2.45) is 17.8 Å². The Bertz CT molecular complexity index is 910. The molecule has 0 bridgehead atoms. The summed E-state index contributed by atoms with van der Waals surface area (Å²) in [5.41, 5.74) is 1.57. The number of rotatable bonds is 8. The highest BCUT2D eigenvalue weighted by molar-refractivity contribution is 7.67. The number of ether oxygens (including phenoxy) is 1.